The monoisotopic (exact) mass is 278 g/mol. The molecule has 0 unspecified atom stereocenters. The Hall–Kier alpha value is -1.06. The number of ether oxygens (including phenoxy) is 1. The van der Waals surface area contributed by atoms with Crippen LogP contribution >= 0.6 is 0 Å². The summed E-state index contributed by atoms with van der Waals surface area (Å²) in [6.45, 7) is 11.7. The molecule has 0 aliphatic carbocycles. The van der Waals surface area contributed by atoms with Gasteiger partial charge in [-0.25, -0.2) is 0 Å². The second kappa shape index (κ2) is 9.78. The summed E-state index contributed by atoms with van der Waals surface area (Å²) in [5.74, 6) is 0.995. The number of benzene rings is 1. The van der Waals surface area contributed by atoms with Gasteiger partial charge in [0.2, 0.25) is 0 Å². The fraction of sp³-hybridized carbons (Fsp3) is 0.647. The zero-order chi connectivity index (χ0) is 14.8. The molecule has 0 atom stereocenters. The van der Waals surface area contributed by atoms with E-state index in [2.05, 4.69) is 49.2 Å². The van der Waals surface area contributed by atoms with Crippen LogP contribution in [-0.2, 0) is 13.1 Å². The molecule has 0 bridgehead atoms. The first kappa shape index (κ1) is 17.0. The number of hydrogen-bond acceptors (Lipinski definition) is 3. The van der Waals surface area contributed by atoms with Gasteiger partial charge in [-0.3, -0.25) is 4.90 Å². The molecule has 1 N–H and O–H groups in total. The Kier molecular flexibility index (Phi) is 8.31. The second-order valence-corrected chi connectivity index (χ2v) is 5.15. The summed E-state index contributed by atoms with van der Waals surface area (Å²) < 4.78 is 5.52. The summed E-state index contributed by atoms with van der Waals surface area (Å²) in [7, 11) is 1.75. The van der Waals surface area contributed by atoms with Gasteiger partial charge in [0.05, 0.1) is 7.11 Å². The molecule has 0 aliphatic rings. The van der Waals surface area contributed by atoms with Crippen LogP contribution in [0.3, 0.4) is 0 Å². The van der Waals surface area contributed by atoms with E-state index in [1.165, 1.54) is 30.5 Å². The maximum Gasteiger partial charge on any atom is 0.123 e. The molecule has 0 aromatic heterocycles. The van der Waals surface area contributed by atoms with Crippen LogP contribution in [0.4, 0.5) is 0 Å². The van der Waals surface area contributed by atoms with Gasteiger partial charge in [0.25, 0.3) is 0 Å². The highest BCUT2D eigenvalue weighted by Crippen LogP contribution is 2.21. The standard InChI is InChI=1S/C17H30N2O/c1-5-8-11-19(7-3)14-15-9-10-16(13-18-6-2)17(12-15)20-4/h9-10,12,18H,5-8,11,13-14H2,1-4H3. The van der Waals surface area contributed by atoms with Gasteiger partial charge in [0.15, 0.2) is 0 Å². The number of nitrogens with zero attached hydrogens (tertiary/aromatic N) is 1. The number of rotatable bonds is 10. The first-order chi connectivity index (χ1) is 9.74. The Labute approximate surface area is 124 Å². The molecular weight excluding hydrogens is 248 g/mol. The van der Waals surface area contributed by atoms with E-state index in [4.69, 9.17) is 4.74 Å². The van der Waals surface area contributed by atoms with Crippen molar-refractivity contribution in [1.82, 2.24) is 10.2 Å². The van der Waals surface area contributed by atoms with Crippen LogP contribution in [0.2, 0.25) is 0 Å². The van der Waals surface area contributed by atoms with Crippen molar-refractivity contribution in [2.24, 2.45) is 0 Å². The largest absolute Gasteiger partial charge is 0.496 e. The minimum absolute atomic E-state index is 0.868. The lowest BCUT2D eigenvalue weighted by Gasteiger charge is -2.21. The number of unbranched alkanes of at least 4 members (excludes halogenated alkanes) is 1. The molecule has 0 amide bonds. The maximum atomic E-state index is 5.52. The van der Waals surface area contributed by atoms with E-state index >= 15 is 0 Å². The van der Waals surface area contributed by atoms with Crippen LogP contribution < -0.4 is 10.1 Å². The first-order valence-electron chi connectivity index (χ1n) is 7.83. The minimum atomic E-state index is 0.868. The Morgan fingerprint density at radius 2 is 2.00 bits per heavy atom. The lowest BCUT2D eigenvalue weighted by atomic mass is 10.1. The van der Waals surface area contributed by atoms with Gasteiger partial charge in [0.1, 0.15) is 5.75 Å². The van der Waals surface area contributed by atoms with Gasteiger partial charge >= 0.3 is 0 Å². The molecule has 0 radical (unpaired) electrons. The fourth-order valence-electron chi connectivity index (χ4n) is 2.28. The number of nitrogens with one attached hydrogen (secondary N) is 1. The molecule has 0 aliphatic heterocycles. The van der Waals surface area contributed by atoms with Crippen LogP contribution in [0.1, 0.15) is 44.7 Å². The Morgan fingerprint density at radius 1 is 1.20 bits per heavy atom. The summed E-state index contributed by atoms with van der Waals surface area (Å²) in [5.41, 5.74) is 2.56. The van der Waals surface area contributed by atoms with Crippen molar-refractivity contribution in [3.63, 3.8) is 0 Å². The molecule has 1 aromatic carbocycles. The summed E-state index contributed by atoms with van der Waals surface area (Å²) in [6.07, 6.45) is 2.52. The number of hydrogen-bond donors (Lipinski definition) is 1. The van der Waals surface area contributed by atoms with Crippen molar-refractivity contribution >= 4 is 0 Å². The van der Waals surface area contributed by atoms with Crippen molar-refractivity contribution < 1.29 is 4.74 Å². The third kappa shape index (κ3) is 5.51. The van der Waals surface area contributed by atoms with E-state index in [1.807, 2.05) is 0 Å². The molecule has 0 saturated carbocycles. The molecule has 1 rings (SSSR count). The Balaban J connectivity index is 2.70. The summed E-state index contributed by atoms with van der Waals surface area (Å²) in [6, 6.07) is 6.59. The van der Waals surface area contributed by atoms with Gasteiger partial charge < -0.3 is 10.1 Å². The van der Waals surface area contributed by atoms with Crippen molar-refractivity contribution in [2.45, 2.75) is 46.7 Å². The molecule has 1 aromatic rings. The SMILES string of the molecule is CCCCN(CC)Cc1ccc(CNCC)c(OC)c1. The van der Waals surface area contributed by atoms with Crippen molar-refractivity contribution in [1.29, 1.82) is 0 Å². The third-order valence-corrected chi connectivity index (χ3v) is 3.60. The lowest BCUT2D eigenvalue weighted by molar-refractivity contribution is 0.275. The van der Waals surface area contributed by atoms with Crippen LogP contribution in [0.15, 0.2) is 18.2 Å². The van der Waals surface area contributed by atoms with E-state index < -0.39 is 0 Å². The average molecular weight is 278 g/mol. The normalized spacial score (nSPS) is 11.1. The minimum Gasteiger partial charge on any atom is -0.496 e. The van der Waals surface area contributed by atoms with Crippen LogP contribution in [-0.4, -0.2) is 31.6 Å². The predicted molar refractivity (Wildman–Crippen MR) is 86.2 cm³/mol. The van der Waals surface area contributed by atoms with Gasteiger partial charge in [-0.2, -0.15) is 0 Å². The zero-order valence-corrected chi connectivity index (χ0v) is 13.5. The van der Waals surface area contributed by atoms with Gasteiger partial charge in [-0.05, 0) is 37.7 Å². The van der Waals surface area contributed by atoms with E-state index in [0.717, 1.165) is 31.9 Å². The van der Waals surface area contributed by atoms with Gasteiger partial charge in [0, 0.05) is 18.7 Å². The summed E-state index contributed by atoms with van der Waals surface area (Å²) in [5, 5.41) is 3.35. The summed E-state index contributed by atoms with van der Waals surface area (Å²) in [4.78, 5) is 2.49. The topological polar surface area (TPSA) is 24.5 Å². The van der Waals surface area contributed by atoms with E-state index in [0.29, 0.717) is 0 Å². The lowest BCUT2D eigenvalue weighted by Crippen LogP contribution is -2.24. The molecule has 0 spiro atoms. The molecule has 3 heteroatoms. The zero-order valence-electron chi connectivity index (χ0n) is 13.5. The van der Waals surface area contributed by atoms with Crippen molar-refractivity contribution in [3.8, 4) is 5.75 Å². The van der Waals surface area contributed by atoms with Crippen LogP contribution in [0.5, 0.6) is 5.75 Å². The van der Waals surface area contributed by atoms with Gasteiger partial charge in [-0.15, -0.1) is 0 Å². The van der Waals surface area contributed by atoms with Gasteiger partial charge in [-0.1, -0.05) is 39.3 Å². The van der Waals surface area contributed by atoms with Crippen LogP contribution in [0, 0.1) is 0 Å². The molecule has 20 heavy (non-hydrogen) atoms. The molecule has 3 nitrogen and oxygen atoms in total. The molecule has 0 heterocycles. The Bertz CT molecular complexity index is 379. The predicted octanol–water partition coefficient (Wildman–Crippen LogP) is 3.43. The average Bonchev–Trinajstić information content (AvgIpc) is 2.49. The molecule has 0 saturated heterocycles. The molecular formula is C17H30N2O. The highest BCUT2D eigenvalue weighted by molar-refractivity contribution is 5.37. The Morgan fingerprint density at radius 3 is 2.60 bits per heavy atom. The van der Waals surface area contributed by atoms with Crippen LogP contribution in [0.25, 0.3) is 0 Å². The van der Waals surface area contributed by atoms with E-state index in [1.54, 1.807) is 7.11 Å². The highest BCUT2D eigenvalue weighted by Gasteiger charge is 2.07. The molecule has 114 valence electrons. The third-order valence-electron chi connectivity index (χ3n) is 3.60. The van der Waals surface area contributed by atoms with E-state index in [9.17, 15) is 0 Å². The van der Waals surface area contributed by atoms with Crippen molar-refractivity contribution in [2.75, 3.05) is 26.7 Å². The fourth-order valence-corrected chi connectivity index (χ4v) is 2.28. The molecule has 0 fully saturated rings. The second-order valence-electron chi connectivity index (χ2n) is 5.15. The first-order valence-corrected chi connectivity index (χ1v) is 7.83. The quantitative estimate of drug-likeness (QED) is 0.709. The number of methoxy groups -OCH3 is 1. The van der Waals surface area contributed by atoms with E-state index in [-0.39, 0.29) is 0 Å². The highest BCUT2D eigenvalue weighted by atomic mass is 16.5. The summed E-state index contributed by atoms with van der Waals surface area (Å²) >= 11 is 0. The smallest absolute Gasteiger partial charge is 0.123 e. The van der Waals surface area contributed by atoms with Crippen molar-refractivity contribution in [3.05, 3.63) is 29.3 Å². The maximum absolute atomic E-state index is 5.52.